The van der Waals surface area contributed by atoms with E-state index in [-0.39, 0.29) is 29.9 Å². The van der Waals surface area contributed by atoms with Crippen molar-refractivity contribution in [2.75, 3.05) is 31.9 Å². The second-order valence-corrected chi connectivity index (χ2v) is 13.1. The first-order valence-electron chi connectivity index (χ1n) is 14.3. The maximum Gasteiger partial charge on any atom is 0.410 e. The number of ether oxygens (including phenoxy) is 1. The van der Waals surface area contributed by atoms with E-state index < -0.39 is 9.84 Å². The summed E-state index contributed by atoms with van der Waals surface area (Å²) >= 11 is 0. The molecule has 1 heterocycles. The molecule has 0 aromatic heterocycles. The van der Waals surface area contributed by atoms with Gasteiger partial charge in [0, 0.05) is 25.7 Å². The van der Waals surface area contributed by atoms with E-state index in [2.05, 4.69) is 24.0 Å². The summed E-state index contributed by atoms with van der Waals surface area (Å²) in [5, 5.41) is 0. The molecule has 0 N–H and O–H groups in total. The van der Waals surface area contributed by atoms with Crippen LogP contribution in [0.2, 0.25) is 0 Å². The number of carbonyl (C=O) groups is 1. The van der Waals surface area contributed by atoms with E-state index in [0.717, 1.165) is 44.5 Å². The van der Waals surface area contributed by atoms with E-state index >= 15 is 0 Å². The number of likely N-dealkylation sites (tertiary alicyclic amines) is 1. The molecular weight excluding hydrogens is 520 g/mol. The van der Waals surface area contributed by atoms with Gasteiger partial charge in [-0.05, 0) is 67.8 Å². The van der Waals surface area contributed by atoms with Gasteiger partial charge in [0.2, 0.25) is 0 Å². The van der Waals surface area contributed by atoms with Gasteiger partial charge in [0.15, 0.2) is 9.84 Å². The first-order valence-corrected chi connectivity index (χ1v) is 16.0. The Balaban J connectivity index is 1.32. The summed E-state index contributed by atoms with van der Waals surface area (Å²) in [5.41, 5.74) is 1.89. The molecule has 0 aliphatic carbocycles. The number of piperidine rings is 1. The van der Waals surface area contributed by atoms with Crippen molar-refractivity contribution >= 4 is 15.9 Å². The molecule has 3 aromatic rings. The van der Waals surface area contributed by atoms with Crippen molar-refractivity contribution in [3.05, 3.63) is 102 Å². The number of hydrogen-bond acceptors (Lipinski definition) is 5. The largest absolute Gasteiger partial charge is 0.445 e. The lowest BCUT2D eigenvalue weighted by atomic mass is 9.77. The summed E-state index contributed by atoms with van der Waals surface area (Å²) in [6, 6.07) is 29.0. The van der Waals surface area contributed by atoms with Crippen LogP contribution in [0.25, 0.3) is 0 Å². The molecule has 214 valence electrons. The Bertz CT molecular complexity index is 1290. The Hall–Kier alpha value is -3.16. The predicted octanol–water partition coefficient (Wildman–Crippen LogP) is 6.32. The van der Waals surface area contributed by atoms with E-state index in [1.807, 2.05) is 66.4 Å². The van der Waals surface area contributed by atoms with Crippen LogP contribution in [0.4, 0.5) is 4.79 Å². The van der Waals surface area contributed by atoms with Crippen LogP contribution >= 0.6 is 0 Å². The molecular formula is C33H42N2O4S. The number of rotatable bonds is 12. The van der Waals surface area contributed by atoms with Crippen LogP contribution in [0, 0.1) is 0 Å². The minimum Gasteiger partial charge on any atom is -0.445 e. The van der Waals surface area contributed by atoms with Crippen molar-refractivity contribution in [2.45, 2.75) is 62.5 Å². The Labute approximate surface area is 239 Å². The average Bonchev–Trinajstić information content (AvgIpc) is 3.00. The minimum absolute atomic E-state index is 0.112. The molecule has 1 aliphatic rings. The van der Waals surface area contributed by atoms with Crippen LogP contribution < -0.4 is 0 Å². The third-order valence-electron chi connectivity index (χ3n) is 8.25. The van der Waals surface area contributed by atoms with Crippen molar-refractivity contribution in [3.8, 4) is 0 Å². The minimum atomic E-state index is -3.36. The van der Waals surface area contributed by atoms with Crippen molar-refractivity contribution < 1.29 is 17.9 Å². The van der Waals surface area contributed by atoms with E-state index in [4.69, 9.17) is 4.74 Å². The third-order valence-corrected chi connectivity index (χ3v) is 9.99. The van der Waals surface area contributed by atoms with Crippen molar-refractivity contribution in [1.82, 2.24) is 9.80 Å². The van der Waals surface area contributed by atoms with E-state index in [9.17, 15) is 13.2 Å². The molecule has 1 atom stereocenters. The number of sulfone groups is 1. The molecule has 7 heteroatoms. The van der Waals surface area contributed by atoms with Gasteiger partial charge in [-0.15, -0.1) is 0 Å². The zero-order chi connectivity index (χ0) is 28.4. The summed E-state index contributed by atoms with van der Waals surface area (Å²) in [5.74, 6) is 0.112. The lowest BCUT2D eigenvalue weighted by Crippen LogP contribution is -2.48. The summed E-state index contributed by atoms with van der Waals surface area (Å²) in [7, 11) is -3.36. The highest BCUT2D eigenvalue weighted by atomic mass is 32.2. The summed E-state index contributed by atoms with van der Waals surface area (Å²) in [6.07, 6.45) is 2.97. The van der Waals surface area contributed by atoms with E-state index in [1.54, 1.807) is 24.3 Å². The summed E-state index contributed by atoms with van der Waals surface area (Å²) in [4.78, 5) is 17.5. The third kappa shape index (κ3) is 7.95. The number of carbonyl (C=O) groups excluding carboxylic acids is 1. The van der Waals surface area contributed by atoms with Gasteiger partial charge >= 0.3 is 6.09 Å². The highest BCUT2D eigenvalue weighted by Gasteiger charge is 2.32. The molecule has 0 spiro atoms. The average molecular weight is 563 g/mol. The standard InChI is InChI=1S/C33H42N2O4S/c1-3-35(32(36)39-27-28-13-7-4-8-14-28)30-19-23-34(24-20-30)25-21-33(2,29-15-9-5-10-16-29)22-26-40(37,38)31-17-11-6-12-18-31/h4-18,30H,3,19-27H2,1-2H3. The molecule has 3 aromatic carbocycles. The fourth-order valence-electron chi connectivity index (χ4n) is 5.56. The van der Waals surface area contributed by atoms with Crippen molar-refractivity contribution in [1.29, 1.82) is 0 Å². The normalized spacial score (nSPS) is 16.2. The first kappa shape index (κ1) is 29.8. The Morgan fingerprint density at radius 3 is 2.08 bits per heavy atom. The van der Waals surface area contributed by atoms with Crippen LogP contribution in [0.3, 0.4) is 0 Å². The number of benzene rings is 3. The molecule has 6 nitrogen and oxygen atoms in total. The van der Waals surface area contributed by atoms with E-state index in [1.165, 1.54) is 5.56 Å². The van der Waals surface area contributed by atoms with Crippen LogP contribution in [-0.4, -0.2) is 62.3 Å². The van der Waals surface area contributed by atoms with Crippen molar-refractivity contribution in [2.24, 2.45) is 0 Å². The topological polar surface area (TPSA) is 66.9 Å². The zero-order valence-corrected chi connectivity index (χ0v) is 24.6. The molecule has 40 heavy (non-hydrogen) atoms. The van der Waals surface area contributed by atoms with Gasteiger partial charge in [0.25, 0.3) is 0 Å². The highest BCUT2D eigenvalue weighted by Crippen LogP contribution is 2.33. The lowest BCUT2D eigenvalue weighted by Gasteiger charge is -2.39. The second kappa shape index (κ2) is 14.0. The molecule has 4 rings (SSSR count). The molecule has 1 amide bonds. The first-order chi connectivity index (χ1) is 19.3. The van der Waals surface area contributed by atoms with Crippen LogP contribution in [0.15, 0.2) is 95.9 Å². The smallest absolute Gasteiger partial charge is 0.410 e. The van der Waals surface area contributed by atoms with Gasteiger partial charge in [-0.25, -0.2) is 13.2 Å². The number of nitrogens with zero attached hydrogens (tertiary/aromatic N) is 2. The molecule has 1 saturated heterocycles. The molecule has 0 bridgehead atoms. The molecule has 0 radical (unpaired) electrons. The fraction of sp³-hybridized carbons (Fsp3) is 0.424. The molecule has 1 fully saturated rings. The monoisotopic (exact) mass is 562 g/mol. The Morgan fingerprint density at radius 1 is 0.900 bits per heavy atom. The summed E-state index contributed by atoms with van der Waals surface area (Å²) < 4.78 is 31.8. The number of amides is 1. The summed E-state index contributed by atoms with van der Waals surface area (Å²) in [6.45, 7) is 7.80. The van der Waals surface area contributed by atoms with Crippen LogP contribution in [0.5, 0.6) is 0 Å². The molecule has 0 saturated carbocycles. The second-order valence-electron chi connectivity index (χ2n) is 11.0. The SMILES string of the molecule is CCN(C(=O)OCc1ccccc1)C1CCN(CCC(C)(CCS(=O)(=O)c2ccccc2)c2ccccc2)CC1. The Kier molecular flexibility index (Phi) is 10.4. The van der Waals surface area contributed by atoms with Gasteiger partial charge in [0.1, 0.15) is 6.61 Å². The zero-order valence-electron chi connectivity index (χ0n) is 23.7. The maximum absolute atomic E-state index is 13.1. The highest BCUT2D eigenvalue weighted by molar-refractivity contribution is 7.91. The van der Waals surface area contributed by atoms with Gasteiger partial charge in [-0.3, -0.25) is 0 Å². The van der Waals surface area contributed by atoms with E-state index in [0.29, 0.717) is 17.9 Å². The fourth-order valence-corrected chi connectivity index (χ4v) is 7.08. The molecule has 1 unspecified atom stereocenters. The predicted molar refractivity (Wildman–Crippen MR) is 160 cm³/mol. The quantitative estimate of drug-likeness (QED) is 0.258. The van der Waals surface area contributed by atoms with Crippen LogP contribution in [0.1, 0.15) is 50.7 Å². The molecule has 1 aliphatic heterocycles. The van der Waals surface area contributed by atoms with Crippen molar-refractivity contribution in [3.63, 3.8) is 0 Å². The van der Waals surface area contributed by atoms with Gasteiger partial charge < -0.3 is 14.5 Å². The van der Waals surface area contributed by atoms with Gasteiger partial charge in [0.05, 0.1) is 10.6 Å². The Morgan fingerprint density at radius 2 is 1.48 bits per heavy atom. The van der Waals surface area contributed by atoms with Crippen LogP contribution in [-0.2, 0) is 26.6 Å². The van der Waals surface area contributed by atoms with Gasteiger partial charge in [-0.1, -0.05) is 85.8 Å². The number of hydrogen-bond donors (Lipinski definition) is 0. The van der Waals surface area contributed by atoms with Gasteiger partial charge in [-0.2, -0.15) is 0 Å². The lowest BCUT2D eigenvalue weighted by molar-refractivity contribution is 0.0620. The maximum atomic E-state index is 13.1.